The summed E-state index contributed by atoms with van der Waals surface area (Å²) in [5.41, 5.74) is 3.26. The van der Waals surface area contributed by atoms with E-state index in [1.165, 1.54) is 18.2 Å². The van der Waals surface area contributed by atoms with Gasteiger partial charge in [-0.1, -0.05) is 12.0 Å². The molecule has 1 aromatic carbocycles. The van der Waals surface area contributed by atoms with Crippen LogP contribution in [0.25, 0.3) is 0 Å². The lowest BCUT2D eigenvalue weighted by Crippen LogP contribution is -2.19. The number of benzene rings is 1. The Bertz CT molecular complexity index is 491. The van der Waals surface area contributed by atoms with Gasteiger partial charge in [0.1, 0.15) is 0 Å². The van der Waals surface area contributed by atoms with Gasteiger partial charge in [-0.3, -0.25) is 10.6 Å². The molecule has 0 fully saturated rings. The Labute approximate surface area is 107 Å². The number of aryl methyl sites for hydroxylation is 1. The minimum absolute atomic E-state index is 0.274. The second-order valence-electron chi connectivity index (χ2n) is 4.21. The minimum atomic E-state index is -0.457. The smallest absolute Gasteiger partial charge is 0.411 e. The van der Waals surface area contributed by atoms with Gasteiger partial charge in [0.2, 0.25) is 0 Å². The first-order chi connectivity index (χ1) is 8.74. The maximum absolute atomic E-state index is 11.2. The van der Waals surface area contributed by atoms with Crippen LogP contribution in [-0.4, -0.2) is 19.7 Å². The quantitative estimate of drug-likeness (QED) is 0.800. The summed E-state index contributed by atoms with van der Waals surface area (Å²) in [6, 6.07) is 6.18. The van der Waals surface area contributed by atoms with Crippen LogP contribution in [0.15, 0.2) is 18.2 Å². The van der Waals surface area contributed by atoms with Crippen molar-refractivity contribution >= 4 is 11.8 Å². The molecule has 0 radical (unpaired) electrons. The Hall–Kier alpha value is -1.99. The third-order valence-electron chi connectivity index (χ3n) is 3.11. The Morgan fingerprint density at radius 2 is 2.44 bits per heavy atom. The van der Waals surface area contributed by atoms with Crippen molar-refractivity contribution in [3.8, 4) is 12.3 Å². The molecule has 4 heteroatoms. The first-order valence-corrected chi connectivity index (χ1v) is 5.89. The lowest BCUT2D eigenvalue weighted by atomic mass is 10.1. The lowest BCUT2D eigenvalue weighted by Gasteiger charge is -2.13. The van der Waals surface area contributed by atoms with Crippen molar-refractivity contribution in [1.29, 1.82) is 0 Å². The summed E-state index contributed by atoms with van der Waals surface area (Å²) in [7, 11) is 1.35. The number of ether oxygens (including phenoxy) is 1. The molecule has 0 saturated heterocycles. The van der Waals surface area contributed by atoms with E-state index >= 15 is 0 Å². The molecule has 1 aliphatic rings. The predicted octanol–water partition coefficient (Wildman–Crippen LogP) is 2.08. The van der Waals surface area contributed by atoms with E-state index in [2.05, 4.69) is 21.3 Å². The number of amides is 1. The van der Waals surface area contributed by atoms with E-state index in [-0.39, 0.29) is 6.04 Å². The van der Waals surface area contributed by atoms with Crippen molar-refractivity contribution in [1.82, 2.24) is 5.32 Å². The highest BCUT2D eigenvalue weighted by Crippen LogP contribution is 2.32. The molecule has 1 aliphatic carbocycles. The summed E-state index contributed by atoms with van der Waals surface area (Å²) in [5.74, 6) is 2.58. The number of anilines is 1. The Morgan fingerprint density at radius 3 is 3.17 bits per heavy atom. The molecule has 4 nitrogen and oxygen atoms in total. The topological polar surface area (TPSA) is 50.4 Å². The van der Waals surface area contributed by atoms with Crippen molar-refractivity contribution in [3.63, 3.8) is 0 Å². The molecular formula is C14H16N2O2. The number of methoxy groups -OCH3 is 1. The molecule has 0 heterocycles. The second kappa shape index (κ2) is 5.56. The van der Waals surface area contributed by atoms with Gasteiger partial charge < -0.3 is 4.74 Å². The monoisotopic (exact) mass is 244 g/mol. The predicted molar refractivity (Wildman–Crippen MR) is 70.4 cm³/mol. The minimum Gasteiger partial charge on any atom is -0.453 e. The highest BCUT2D eigenvalue weighted by molar-refractivity contribution is 5.84. The molecule has 0 aliphatic heterocycles. The molecule has 0 saturated carbocycles. The lowest BCUT2D eigenvalue weighted by molar-refractivity contribution is 0.187. The van der Waals surface area contributed by atoms with Crippen LogP contribution in [0.5, 0.6) is 0 Å². The molecule has 94 valence electrons. The SMILES string of the molecule is C#CCNC1CCc2ccc(NC(=O)OC)cc21. The zero-order chi connectivity index (χ0) is 13.0. The number of carbonyl (C=O) groups is 1. The van der Waals surface area contributed by atoms with E-state index < -0.39 is 6.09 Å². The van der Waals surface area contributed by atoms with Gasteiger partial charge in [-0.2, -0.15) is 0 Å². The molecule has 18 heavy (non-hydrogen) atoms. The van der Waals surface area contributed by atoms with Crippen molar-refractivity contribution in [3.05, 3.63) is 29.3 Å². The fraction of sp³-hybridized carbons (Fsp3) is 0.357. The molecule has 2 rings (SSSR count). The number of hydrogen-bond donors (Lipinski definition) is 2. The zero-order valence-corrected chi connectivity index (χ0v) is 10.3. The van der Waals surface area contributed by atoms with E-state index in [1.807, 2.05) is 18.2 Å². The number of carbonyl (C=O) groups excluding carboxylic acids is 1. The van der Waals surface area contributed by atoms with Gasteiger partial charge in [-0.25, -0.2) is 4.79 Å². The average molecular weight is 244 g/mol. The Morgan fingerprint density at radius 1 is 1.61 bits per heavy atom. The van der Waals surface area contributed by atoms with Gasteiger partial charge in [0.15, 0.2) is 0 Å². The molecule has 1 aromatic rings. The third kappa shape index (κ3) is 2.63. The van der Waals surface area contributed by atoms with Crippen molar-refractivity contribution in [2.75, 3.05) is 19.0 Å². The van der Waals surface area contributed by atoms with Gasteiger partial charge in [0.25, 0.3) is 0 Å². The first kappa shape index (κ1) is 12.5. The Balaban J connectivity index is 2.15. The molecule has 0 aromatic heterocycles. The molecule has 0 bridgehead atoms. The first-order valence-electron chi connectivity index (χ1n) is 5.89. The van der Waals surface area contributed by atoms with Crippen LogP contribution in [0.3, 0.4) is 0 Å². The van der Waals surface area contributed by atoms with Crippen molar-refractivity contribution in [2.45, 2.75) is 18.9 Å². The van der Waals surface area contributed by atoms with Gasteiger partial charge in [-0.05, 0) is 36.1 Å². The van der Waals surface area contributed by atoms with E-state index in [4.69, 9.17) is 6.42 Å². The summed E-state index contributed by atoms with van der Waals surface area (Å²) in [6.07, 6.45) is 6.88. The van der Waals surface area contributed by atoms with Gasteiger partial charge in [-0.15, -0.1) is 6.42 Å². The standard InChI is InChI=1S/C14H16N2O2/c1-3-8-15-13-7-5-10-4-6-11(9-12(10)13)16-14(17)18-2/h1,4,6,9,13,15H,5,7-8H2,2H3,(H,16,17). The summed E-state index contributed by atoms with van der Waals surface area (Å²) in [6.45, 7) is 0.554. The number of rotatable bonds is 3. The van der Waals surface area contributed by atoms with E-state index in [0.717, 1.165) is 18.5 Å². The summed E-state index contributed by atoms with van der Waals surface area (Å²) >= 11 is 0. The summed E-state index contributed by atoms with van der Waals surface area (Å²) in [4.78, 5) is 11.2. The second-order valence-corrected chi connectivity index (χ2v) is 4.21. The van der Waals surface area contributed by atoms with Crippen LogP contribution in [0.1, 0.15) is 23.6 Å². The number of hydrogen-bond acceptors (Lipinski definition) is 3. The fourth-order valence-electron chi connectivity index (χ4n) is 2.24. The maximum Gasteiger partial charge on any atom is 0.411 e. The zero-order valence-electron chi connectivity index (χ0n) is 10.3. The molecular weight excluding hydrogens is 228 g/mol. The number of fused-ring (bicyclic) bond motifs is 1. The van der Waals surface area contributed by atoms with Gasteiger partial charge in [0, 0.05) is 11.7 Å². The molecule has 0 spiro atoms. The van der Waals surface area contributed by atoms with Crippen LogP contribution in [0, 0.1) is 12.3 Å². The fourth-order valence-corrected chi connectivity index (χ4v) is 2.24. The summed E-state index contributed by atoms with van der Waals surface area (Å²) < 4.78 is 4.57. The number of nitrogens with one attached hydrogen (secondary N) is 2. The molecule has 1 atom stereocenters. The van der Waals surface area contributed by atoms with Crippen molar-refractivity contribution < 1.29 is 9.53 Å². The largest absolute Gasteiger partial charge is 0.453 e. The van der Waals surface area contributed by atoms with E-state index in [0.29, 0.717) is 6.54 Å². The highest BCUT2D eigenvalue weighted by atomic mass is 16.5. The van der Waals surface area contributed by atoms with Crippen LogP contribution in [0.4, 0.5) is 10.5 Å². The van der Waals surface area contributed by atoms with Crippen LogP contribution in [0.2, 0.25) is 0 Å². The summed E-state index contributed by atoms with van der Waals surface area (Å²) in [5, 5.41) is 5.97. The highest BCUT2D eigenvalue weighted by Gasteiger charge is 2.22. The van der Waals surface area contributed by atoms with Crippen LogP contribution in [-0.2, 0) is 11.2 Å². The van der Waals surface area contributed by atoms with E-state index in [9.17, 15) is 4.79 Å². The number of terminal acetylenes is 1. The van der Waals surface area contributed by atoms with Crippen LogP contribution >= 0.6 is 0 Å². The van der Waals surface area contributed by atoms with E-state index in [1.54, 1.807) is 0 Å². The van der Waals surface area contributed by atoms with Crippen LogP contribution < -0.4 is 10.6 Å². The third-order valence-corrected chi connectivity index (χ3v) is 3.11. The average Bonchev–Trinajstić information content (AvgIpc) is 2.78. The molecule has 1 unspecified atom stereocenters. The van der Waals surface area contributed by atoms with Gasteiger partial charge in [0.05, 0.1) is 13.7 Å². The van der Waals surface area contributed by atoms with Crippen molar-refractivity contribution in [2.24, 2.45) is 0 Å². The molecule has 1 amide bonds. The maximum atomic E-state index is 11.2. The Kier molecular flexibility index (Phi) is 3.85. The molecule has 2 N–H and O–H groups in total. The normalized spacial score (nSPS) is 16.8. The van der Waals surface area contributed by atoms with Gasteiger partial charge >= 0.3 is 6.09 Å².